The molecule has 20 heavy (non-hydrogen) atoms. The molecule has 2 N–H and O–H groups in total. The van der Waals surface area contributed by atoms with Crippen LogP contribution in [-0.2, 0) is 9.53 Å². The molecule has 0 aromatic rings. The normalized spacial score (nSPS) is 30.9. The van der Waals surface area contributed by atoms with Gasteiger partial charge in [0.1, 0.15) is 0 Å². The van der Waals surface area contributed by atoms with Crippen molar-refractivity contribution in [3.63, 3.8) is 0 Å². The van der Waals surface area contributed by atoms with E-state index in [2.05, 4.69) is 4.90 Å². The quantitative estimate of drug-likeness (QED) is 0.859. The summed E-state index contributed by atoms with van der Waals surface area (Å²) in [5.41, 5.74) is 5.67. The monoisotopic (exact) mass is 280 g/mol. The fraction of sp³-hybridized carbons (Fsp3) is 0.938. The largest absolute Gasteiger partial charge is 0.381 e. The maximum atomic E-state index is 13.1. The van der Waals surface area contributed by atoms with Crippen molar-refractivity contribution in [2.75, 3.05) is 26.3 Å². The third-order valence-electron chi connectivity index (χ3n) is 5.80. The van der Waals surface area contributed by atoms with E-state index in [0.29, 0.717) is 31.7 Å². The van der Waals surface area contributed by atoms with Gasteiger partial charge in [-0.15, -0.1) is 0 Å². The number of carbonyl (C=O) groups excluding carboxylic acids is 1. The molecule has 0 aromatic carbocycles. The van der Waals surface area contributed by atoms with Crippen LogP contribution < -0.4 is 5.73 Å². The van der Waals surface area contributed by atoms with Gasteiger partial charge in [0.25, 0.3) is 0 Å². The second kappa shape index (κ2) is 6.02. The zero-order valence-electron chi connectivity index (χ0n) is 12.5. The van der Waals surface area contributed by atoms with E-state index in [1.807, 2.05) is 0 Å². The van der Waals surface area contributed by atoms with Gasteiger partial charge in [-0.05, 0) is 44.4 Å². The number of hydrogen-bond donors (Lipinski definition) is 1. The first-order chi connectivity index (χ1) is 9.77. The first-order valence-electron chi connectivity index (χ1n) is 8.36. The van der Waals surface area contributed by atoms with Crippen molar-refractivity contribution in [3.8, 4) is 0 Å². The summed E-state index contributed by atoms with van der Waals surface area (Å²) in [5, 5.41) is 0. The topological polar surface area (TPSA) is 55.6 Å². The Morgan fingerprint density at radius 3 is 2.50 bits per heavy atom. The molecule has 0 aromatic heterocycles. The molecule has 4 heteroatoms. The molecule has 2 heterocycles. The first kappa shape index (κ1) is 14.3. The highest BCUT2D eigenvalue weighted by Gasteiger charge is 2.45. The molecular formula is C16H28N2O2. The molecule has 2 aliphatic heterocycles. The highest BCUT2D eigenvalue weighted by atomic mass is 16.5. The minimum atomic E-state index is -0.334. The number of rotatable bonds is 3. The molecule has 3 rings (SSSR count). The standard InChI is InChI=1S/C16H28N2O2/c17-12-16(7-10-20-11-8-16)15(19)18-9-3-6-14(18)13-4-1-2-5-13/h13-14H,1-12,17H2. The summed E-state index contributed by atoms with van der Waals surface area (Å²) in [6, 6.07) is 0.497. The molecular weight excluding hydrogens is 252 g/mol. The van der Waals surface area contributed by atoms with Gasteiger partial charge in [0.15, 0.2) is 0 Å². The molecule has 0 spiro atoms. The van der Waals surface area contributed by atoms with Gasteiger partial charge in [-0.25, -0.2) is 0 Å². The minimum Gasteiger partial charge on any atom is -0.381 e. The molecule has 3 aliphatic rings. The summed E-state index contributed by atoms with van der Waals surface area (Å²) in [7, 11) is 0. The van der Waals surface area contributed by atoms with Crippen molar-refractivity contribution in [3.05, 3.63) is 0 Å². The van der Waals surface area contributed by atoms with E-state index in [1.165, 1.54) is 38.5 Å². The number of nitrogens with zero attached hydrogens (tertiary/aromatic N) is 1. The van der Waals surface area contributed by atoms with Crippen molar-refractivity contribution in [2.45, 2.75) is 57.4 Å². The molecule has 0 radical (unpaired) electrons. The first-order valence-corrected chi connectivity index (χ1v) is 8.36. The third kappa shape index (κ3) is 2.48. The van der Waals surface area contributed by atoms with Crippen LogP contribution >= 0.6 is 0 Å². The molecule has 1 aliphatic carbocycles. The van der Waals surface area contributed by atoms with Gasteiger partial charge in [-0.1, -0.05) is 12.8 Å². The Morgan fingerprint density at radius 2 is 1.85 bits per heavy atom. The van der Waals surface area contributed by atoms with Crippen molar-refractivity contribution < 1.29 is 9.53 Å². The van der Waals surface area contributed by atoms with Crippen LogP contribution in [0, 0.1) is 11.3 Å². The molecule has 1 amide bonds. The Balaban J connectivity index is 1.74. The van der Waals surface area contributed by atoms with Crippen LogP contribution in [0.1, 0.15) is 51.4 Å². The zero-order chi connectivity index (χ0) is 14.0. The lowest BCUT2D eigenvalue weighted by molar-refractivity contribution is -0.149. The highest BCUT2D eigenvalue weighted by Crippen LogP contribution is 2.39. The average molecular weight is 280 g/mol. The second-order valence-corrected chi connectivity index (χ2v) is 6.85. The number of carbonyl (C=O) groups is 1. The van der Waals surface area contributed by atoms with Crippen molar-refractivity contribution in [2.24, 2.45) is 17.1 Å². The number of amides is 1. The maximum absolute atomic E-state index is 13.1. The Labute approximate surface area is 122 Å². The predicted octanol–water partition coefficient (Wildman–Crippen LogP) is 1.92. The molecule has 1 saturated carbocycles. The van der Waals surface area contributed by atoms with Crippen LogP contribution in [0.5, 0.6) is 0 Å². The summed E-state index contributed by atoms with van der Waals surface area (Å²) in [6.45, 7) is 2.79. The SMILES string of the molecule is NCC1(C(=O)N2CCCC2C2CCCC2)CCOCC1. The summed E-state index contributed by atoms with van der Waals surface area (Å²) < 4.78 is 5.44. The molecule has 3 fully saturated rings. The highest BCUT2D eigenvalue weighted by molar-refractivity contribution is 5.83. The molecule has 4 nitrogen and oxygen atoms in total. The maximum Gasteiger partial charge on any atom is 0.230 e. The summed E-state index contributed by atoms with van der Waals surface area (Å²) in [6.07, 6.45) is 9.29. The van der Waals surface area contributed by atoms with Gasteiger partial charge in [0.05, 0.1) is 5.41 Å². The lowest BCUT2D eigenvalue weighted by atomic mass is 9.78. The zero-order valence-corrected chi connectivity index (χ0v) is 12.5. The Kier molecular flexibility index (Phi) is 4.32. The van der Waals surface area contributed by atoms with Crippen molar-refractivity contribution in [1.29, 1.82) is 0 Å². The Hall–Kier alpha value is -0.610. The van der Waals surface area contributed by atoms with Gasteiger partial charge in [-0.2, -0.15) is 0 Å². The summed E-state index contributed by atoms with van der Waals surface area (Å²) >= 11 is 0. The molecule has 2 saturated heterocycles. The van der Waals surface area contributed by atoms with Crippen LogP contribution in [0.3, 0.4) is 0 Å². The second-order valence-electron chi connectivity index (χ2n) is 6.85. The van der Waals surface area contributed by atoms with Gasteiger partial charge >= 0.3 is 0 Å². The van der Waals surface area contributed by atoms with Crippen LogP contribution in [-0.4, -0.2) is 43.2 Å². The molecule has 1 unspecified atom stereocenters. The van der Waals surface area contributed by atoms with Crippen LogP contribution in [0.2, 0.25) is 0 Å². The van der Waals surface area contributed by atoms with Gasteiger partial charge < -0.3 is 15.4 Å². The number of nitrogens with two attached hydrogens (primary N) is 1. The molecule has 1 atom stereocenters. The minimum absolute atomic E-state index is 0.331. The molecule has 114 valence electrons. The van der Waals surface area contributed by atoms with E-state index < -0.39 is 0 Å². The van der Waals surface area contributed by atoms with E-state index in [0.717, 1.165) is 25.3 Å². The third-order valence-corrected chi connectivity index (χ3v) is 5.80. The van der Waals surface area contributed by atoms with E-state index in [4.69, 9.17) is 10.5 Å². The summed E-state index contributed by atoms with van der Waals surface area (Å²) in [4.78, 5) is 15.3. The molecule has 0 bridgehead atoms. The van der Waals surface area contributed by atoms with Gasteiger partial charge in [0.2, 0.25) is 5.91 Å². The lowest BCUT2D eigenvalue weighted by Crippen LogP contribution is -2.53. The number of likely N-dealkylation sites (tertiary alicyclic amines) is 1. The Bertz CT molecular complexity index is 346. The van der Waals surface area contributed by atoms with E-state index in [1.54, 1.807) is 0 Å². The lowest BCUT2D eigenvalue weighted by Gasteiger charge is -2.40. The van der Waals surface area contributed by atoms with E-state index in [9.17, 15) is 4.79 Å². The number of hydrogen-bond acceptors (Lipinski definition) is 3. The van der Waals surface area contributed by atoms with Crippen LogP contribution in [0.15, 0.2) is 0 Å². The average Bonchev–Trinajstić information content (AvgIpc) is 3.17. The van der Waals surface area contributed by atoms with Crippen LogP contribution in [0.4, 0.5) is 0 Å². The van der Waals surface area contributed by atoms with Crippen LogP contribution in [0.25, 0.3) is 0 Å². The van der Waals surface area contributed by atoms with E-state index >= 15 is 0 Å². The smallest absolute Gasteiger partial charge is 0.230 e. The predicted molar refractivity (Wildman–Crippen MR) is 78.2 cm³/mol. The van der Waals surface area contributed by atoms with E-state index in [-0.39, 0.29) is 5.41 Å². The fourth-order valence-electron chi connectivity index (χ4n) is 4.45. The van der Waals surface area contributed by atoms with Crippen molar-refractivity contribution in [1.82, 2.24) is 4.90 Å². The Morgan fingerprint density at radius 1 is 1.15 bits per heavy atom. The fourth-order valence-corrected chi connectivity index (χ4v) is 4.45. The summed E-state index contributed by atoms with van der Waals surface area (Å²) in [5.74, 6) is 1.08. The number of ether oxygens (including phenoxy) is 1. The van der Waals surface area contributed by atoms with Gasteiger partial charge in [0, 0.05) is 32.3 Å². The van der Waals surface area contributed by atoms with Gasteiger partial charge in [-0.3, -0.25) is 4.79 Å². The van der Waals surface area contributed by atoms with Crippen molar-refractivity contribution >= 4 is 5.91 Å².